The van der Waals surface area contributed by atoms with Crippen LogP contribution in [0.3, 0.4) is 0 Å². The topological polar surface area (TPSA) is 17.1 Å². The standard InChI is InChI=1S/C8H8O.Mg/c1-7(9)8-5-3-2-4-6-8;/h2-6H,1H3;. The molecule has 2 heteroatoms. The number of carbonyl (C=O) groups excluding carboxylic acids is 1. The number of Topliss-reactive ketones (excluding diaryl/α,β-unsaturated/α-hetero) is 1. The van der Waals surface area contributed by atoms with Gasteiger partial charge in [-0.25, -0.2) is 0 Å². The van der Waals surface area contributed by atoms with Crippen molar-refractivity contribution in [3.05, 3.63) is 35.9 Å². The van der Waals surface area contributed by atoms with Gasteiger partial charge in [0, 0.05) is 28.6 Å². The normalized spacial score (nSPS) is 8.10. The molecule has 2 radical (unpaired) electrons. The van der Waals surface area contributed by atoms with Crippen LogP contribution in [0.4, 0.5) is 0 Å². The Morgan fingerprint density at radius 2 is 1.70 bits per heavy atom. The lowest BCUT2D eigenvalue weighted by Gasteiger charge is -1.89. The van der Waals surface area contributed by atoms with Crippen molar-refractivity contribution in [2.45, 2.75) is 6.92 Å². The van der Waals surface area contributed by atoms with Crippen LogP contribution in [0, 0.1) is 0 Å². The molecule has 0 aromatic heterocycles. The van der Waals surface area contributed by atoms with Gasteiger partial charge in [-0.3, -0.25) is 4.79 Å². The first-order valence-electron chi connectivity index (χ1n) is 2.86. The van der Waals surface area contributed by atoms with Gasteiger partial charge in [0.1, 0.15) is 0 Å². The summed E-state index contributed by atoms with van der Waals surface area (Å²) >= 11 is 0. The smallest absolute Gasteiger partial charge is 0.159 e. The van der Waals surface area contributed by atoms with Crippen molar-refractivity contribution in [1.82, 2.24) is 0 Å². The number of ketones is 1. The number of carbonyl (C=O) groups is 1. The van der Waals surface area contributed by atoms with E-state index >= 15 is 0 Å². The summed E-state index contributed by atoms with van der Waals surface area (Å²) in [6.45, 7) is 1.56. The largest absolute Gasteiger partial charge is 0.295 e. The van der Waals surface area contributed by atoms with Crippen molar-refractivity contribution < 1.29 is 4.79 Å². The van der Waals surface area contributed by atoms with Crippen LogP contribution in [0.5, 0.6) is 0 Å². The maximum atomic E-state index is 10.6. The third-order valence-corrected chi connectivity index (χ3v) is 1.18. The molecule has 0 saturated carbocycles. The van der Waals surface area contributed by atoms with Gasteiger partial charge in [0.25, 0.3) is 0 Å². The molecule has 1 aromatic rings. The lowest BCUT2D eigenvalue weighted by molar-refractivity contribution is 0.101. The summed E-state index contributed by atoms with van der Waals surface area (Å²) in [6.07, 6.45) is 0. The molecule has 0 spiro atoms. The zero-order chi connectivity index (χ0) is 6.69. The highest BCUT2D eigenvalue weighted by molar-refractivity contribution is 5.93. The highest BCUT2D eigenvalue weighted by Crippen LogP contribution is 1.97. The Balaban J connectivity index is 0.000000810. The Bertz CT molecular complexity index is 206. The summed E-state index contributed by atoms with van der Waals surface area (Å²) in [5, 5.41) is 0. The quantitative estimate of drug-likeness (QED) is 0.431. The SMILES string of the molecule is CC(=O)c1ccccc1.[Mg]. The fraction of sp³-hybridized carbons (Fsp3) is 0.125. The third kappa shape index (κ3) is 2.50. The van der Waals surface area contributed by atoms with Gasteiger partial charge >= 0.3 is 0 Å². The van der Waals surface area contributed by atoms with E-state index in [1.54, 1.807) is 6.92 Å². The molecule has 0 aliphatic rings. The summed E-state index contributed by atoms with van der Waals surface area (Å²) in [5.74, 6) is 0.121. The minimum absolute atomic E-state index is 0. The Morgan fingerprint density at radius 1 is 1.20 bits per heavy atom. The van der Waals surface area contributed by atoms with Gasteiger partial charge in [-0.2, -0.15) is 0 Å². The maximum absolute atomic E-state index is 10.6. The molecular weight excluding hydrogens is 136 g/mol. The molecule has 10 heavy (non-hydrogen) atoms. The maximum Gasteiger partial charge on any atom is 0.159 e. The fourth-order valence-corrected chi connectivity index (χ4v) is 0.673. The molecule has 1 aromatic carbocycles. The first-order valence-corrected chi connectivity index (χ1v) is 2.86. The number of hydrogen-bond donors (Lipinski definition) is 0. The van der Waals surface area contributed by atoms with Gasteiger partial charge in [-0.05, 0) is 6.92 Å². The van der Waals surface area contributed by atoms with E-state index in [0.29, 0.717) is 0 Å². The Kier molecular flexibility index (Phi) is 4.31. The predicted molar refractivity (Wildman–Crippen MR) is 42.2 cm³/mol. The first kappa shape index (κ1) is 9.66. The Hall–Kier alpha value is -0.344. The summed E-state index contributed by atoms with van der Waals surface area (Å²) in [6, 6.07) is 9.23. The van der Waals surface area contributed by atoms with E-state index in [0.717, 1.165) is 5.56 Å². The van der Waals surface area contributed by atoms with Crippen molar-refractivity contribution in [3.8, 4) is 0 Å². The molecule has 1 nitrogen and oxygen atoms in total. The summed E-state index contributed by atoms with van der Waals surface area (Å²) in [4.78, 5) is 10.6. The zero-order valence-electron chi connectivity index (χ0n) is 6.00. The van der Waals surface area contributed by atoms with Gasteiger partial charge in [0.05, 0.1) is 0 Å². The minimum atomic E-state index is 0. The Morgan fingerprint density at radius 3 is 2.00 bits per heavy atom. The molecule has 1 rings (SSSR count). The molecule has 0 unspecified atom stereocenters. The van der Waals surface area contributed by atoms with Crippen LogP contribution in [0.1, 0.15) is 17.3 Å². The molecule has 48 valence electrons. The molecule has 0 aliphatic heterocycles. The molecule has 0 fully saturated rings. The van der Waals surface area contributed by atoms with Crippen molar-refractivity contribution in [1.29, 1.82) is 0 Å². The summed E-state index contributed by atoms with van der Waals surface area (Å²) < 4.78 is 0. The predicted octanol–water partition coefficient (Wildman–Crippen LogP) is 1.51. The lowest BCUT2D eigenvalue weighted by Crippen LogP contribution is -1.88. The van der Waals surface area contributed by atoms with Crippen LogP contribution in [0.2, 0.25) is 0 Å². The summed E-state index contributed by atoms with van der Waals surface area (Å²) in [7, 11) is 0. The zero-order valence-corrected chi connectivity index (χ0v) is 7.42. The monoisotopic (exact) mass is 144 g/mol. The number of rotatable bonds is 1. The van der Waals surface area contributed by atoms with Crippen molar-refractivity contribution >= 4 is 28.8 Å². The van der Waals surface area contributed by atoms with Crippen LogP contribution in [-0.2, 0) is 0 Å². The Labute approximate surface area is 76.6 Å². The van der Waals surface area contributed by atoms with E-state index in [4.69, 9.17) is 0 Å². The van der Waals surface area contributed by atoms with Crippen molar-refractivity contribution in [2.75, 3.05) is 0 Å². The second-order valence-electron chi connectivity index (χ2n) is 1.92. The van der Waals surface area contributed by atoms with Crippen LogP contribution in [0.25, 0.3) is 0 Å². The molecule has 0 saturated heterocycles. The van der Waals surface area contributed by atoms with Crippen LogP contribution in [-0.4, -0.2) is 28.8 Å². The molecule has 0 amide bonds. The van der Waals surface area contributed by atoms with Gasteiger partial charge in [-0.15, -0.1) is 0 Å². The highest BCUT2D eigenvalue weighted by atomic mass is 24.3. The minimum Gasteiger partial charge on any atom is -0.295 e. The van der Waals surface area contributed by atoms with E-state index in [2.05, 4.69) is 0 Å². The second kappa shape index (κ2) is 4.47. The third-order valence-electron chi connectivity index (χ3n) is 1.18. The van der Waals surface area contributed by atoms with E-state index in [-0.39, 0.29) is 28.8 Å². The van der Waals surface area contributed by atoms with Crippen LogP contribution >= 0.6 is 0 Å². The first-order chi connectivity index (χ1) is 4.30. The van der Waals surface area contributed by atoms with Gasteiger partial charge < -0.3 is 0 Å². The average molecular weight is 144 g/mol. The van der Waals surface area contributed by atoms with Crippen molar-refractivity contribution in [2.24, 2.45) is 0 Å². The average Bonchev–Trinajstić information content (AvgIpc) is 1.90. The molecule has 0 aliphatic carbocycles. The molecule has 0 N–H and O–H groups in total. The molecule has 0 bridgehead atoms. The van der Waals surface area contributed by atoms with E-state index < -0.39 is 0 Å². The van der Waals surface area contributed by atoms with Gasteiger partial charge in [-0.1, -0.05) is 30.3 Å². The van der Waals surface area contributed by atoms with E-state index in [9.17, 15) is 4.79 Å². The van der Waals surface area contributed by atoms with E-state index in [1.807, 2.05) is 30.3 Å². The highest BCUT2D eigenvalue weighted by Gasteiger charge is 1.92. The molecular formula is C8H8MgO. The number of benzene rings is 1. The number of hydrogen-bond acceptors (Lipinski definition) is 1. The van der Waals surface area contributed by atoms with Crippen LogP contribution in [0.15, 0.2) is 30.3 Å². The molecule has 0 heterocycles. The van der Waals surface area contributed by atoms with Crippen LogP contribution < -0.4 is 0 Å². The second-order valence-corrected chi connectivity index (χ2v) is 1.92. The van der Waals surface area contributed by atoms with E-state index in [1.165, 1.54) is 0 Å². The van der Waals surface area contributed by atoms with Gasteiger partial charge in [0.15, 0.2) is 5.78 Å². The fourth-order valence-electron chi connectivity index (χ4n) is 0.673. The van der Waals surface area contributed by atoms with Crippen molar-refractivity contribution in [3.63, 3.8) is 0 Å². The lowest BCUT2D eigenvalue weighted by atomic mass is 10.2. The van der Waals surface area contributed by atoms with Gasteiger partial charge in [0.2, 0.25) is 0 Å². The summed E-state index contributed by atoms with van der Waals surface area (Å²) in [5.41, 5.74) is 0.775. The molecule has 0 atom stereocenters.